The average Bonchev–Trinajstić information content (AvgIpc) is 3.50. The fourth-order valence-corrected chi connectivity index (χ4v) is 5.44. The van der Waals surface area contributed by atoms with E-state index in [1.54, 1.807) is 12.1 Å². The predicted octanol–water partition coefficient (Wildman–Crippen LogP) is 6.61. The minimum atomic E-state index is -0.130. The van der Waals surface area contributed by atoms with Crippen LogP contribution >= 0.6 is 0 Å². The third kappa shape index (κ3) is 8.09. The minimum absolute atomic E-state index is 0.130. The number of benzene rings is 2. The van der Waals surface area contributed by atoms with Crippen LogP contribution in [0.15, 0.2) is 36.4 Å². The molecule has 35 heavy (non-hydrogen) atoms. The maximum Gasteiger partial charge on any atom is 0.126 e. The van der Waals surface area contributed by atoms with Crippen LogP contribution in [0.5, 0.6) is 0 Å². The molecule has 4 unspecified atom stereocenters. The molecule has 3 nitrogen and oxygen atoms in total. The molecule has 2 heterocycles. The number of halogens is 2. The molecule has 2 aromatic carbocycles. The Morgan fingerprint density at radius 1 is 0.657 bits per heavy atom. The van der Waals surface area contributed by atoms with Crippen LogP contribution in [0.2, 0.25) is 0 Å². The highest BCUT2D eigenvalue weighted by Crippen LogP contribution is 2.27. The second-order valence-electron chi connectivity index (χ2n) is 10.5. The van der Waals surface area contributed by atoms with Crippen molar-refractivity contribution in [2.45, 2.75) is 102 Å². The lowest BCUT2D eigenvalue weighted by Gasteiger charge is -2.16. The van der Waals surface area contributed by atoms with E-state index in [-0.39, 0.29) is 11.6 Å². The fourth-order valence-electron chi connectivity index (χ4n) is 5.44. The van der Waals surface area contributed by atoms with Crippen LogP contribution in [0.1, 0.15) is 73.6 Å². The van der Waals surface area contributed by atoms with Crippen molar-refractivity contribution in [2.24, 2.45) is 0 Å². The summed E-state index contributed by atoms with van der Waals surface area (Å²) < 4.78 is 39.4. The molecular weight excluding hydrogens is 444 g/mol. The van der Waals surface area contributed by atoms with Gasteiger partial charge in [-0.2, -0.15) is 0 Å². The Kier molecular flexibility index (Phi) is 9.70. The quantitative estimate of drug-likeness (QED) is 0.343. The first-order valence-corrected chi connectivity index (χ1v) is 13.5. The van der Waals surface area contributed by atoms with E-state index in [4.69, 9.17) is 9.47 Å². The van der Waals surface area contributed by atoms with Crippen LogP contribution in [0, 0.1) is 25.5 Å². The standard InChI is InChI=1S/C30H41F2NO2/c1-21-19-23(5-13-29(21)31)3-7-25-9-11-27(34-25)15-17-33-18-16-28-12-10-26(35-28)8-4-24-6-14-30(32)22(2)20-24/h5-6,13-14,19-20,25-28,33H,3-4,7-12,15-18H2,1-2H3. The van der Waals surface area contributed by atoms with Gasteiger partial charge in [0.25, 0.3) is 0 Å². The van der Waals surface area contributed by atoms with Crippen molar-refractivity contribution in [1.29, 1.82) is 0 Å². The van der Waals surface area contributed by atoms with Gasteiger partial charge in [-0.15, -0.1) is 0 Å². The van der Waals surface area contributed by atoms with Gasteiger partial charge < -0.3 is 14.8 Å². The van der Waals surface area contributed by atoms with Gasteiger partial charge in [0, 0.05) is 0 Å². The molecule has 2 aliphatic heterocycles. The molecule has 0 aromatic heterocycles. The maximum atomic E-state index is 13.4. The van der Waals surface area contributed by atoms with Crippen molar-refractivity contribution in [2.75, 3.05) is 13.1 Å². The monoisotopic (exact) mass is 485 g/mol. The Hall–Kier alpha value is -1.82. The molecule has 2 fully saturated rings. The van der Waals surface area contributed by atoms with E-state index in [1.807, 2.05) is 38.1 Å². The van der Waals surface area contributed by atoms with E-state index < -0.39 is 0 Å². The van der Waals surface area contributed by atoms with Gasteiger partial charge in [-0.05, 0) is 126 Å². The first-order chi connectivity index (χ1) is 17.0. The average molecular weight is 486 g/mol. The van der Waals surface area contributed by atoms with Gasteiger partial charge in [-0.1, -0.05) is 24.3 Å². The van der Waals surface area contributed by atoms with Gasteiger partial charge in [0.2, 0.25) is 0 Å². The lowest BCUT2D eigenvalue weighted by atomic mass is 10.0. The molecule has 4 rings (SSSR count). The SMILES string of the molecule is Cc1cc(CCC2CCC(CCNCCC3CCC(CCc4ccc(F)c(C)c4)O3)O2)ccc1F. The zero-order chi connectivity index (χ0) is 24.6. The molecule has 2 saturated heterocycles. The number of hydrogen-bond acceptors (Lipinski definition) is 3. The number of rotatable bonds is 12. The zero-order valence-electron chi connectivity index (χ0n) is 21.3. The van der Waals surface area contributed by atoms with Crippen molar-refractivity contribution in [3.63, 3.8) is 0 Å². The summed E-state index contributed by atoms with van der Waals surface area (Å²) in [7, 11) is 0. The molecule has 2 aliphatic rings. The summed E-state index contributed by atoms with van der Waals surface area (Å²) in [5.74, 6) is -0.260. The molecule has 2 aromatic rings. The molecule has 0 saturated carbocycles. The third-order valence-electron chi connectivity index (χ3n) is 7.63. The number of aryl methyl sites for hydroxylation is 4. The van der Waals surface area contributed by atoms with E-state index in [0.717, 1.165) is 88.4 Å². The van der Waals surface area contributed by atoms with Gasteiger partial charge in [-0.25, -0.2) is 8.78 Å². The number of hydrogen-bond donors (Lipinski definition) is 1. The lowest BCUT2D eigenvalue weighted by molar-refractivity contribution is 0.0332. The van der Waals surface area contributed by atoms with Crippen molar-refractivity contribution < 1.29 is 18.3 Å². The second kappa shape index (κ2) is 12.9. The topological polar surface area (TPSA) is 30.5 Å². The van der Waals surface area contributed by atoms with Gasteiger partial charge in [0.1, 0.15) is 11.6 Å². The highest BCUT2D eigenvalue weighted by atomic mass is 19.1. The van der Waals surface area contributed by atoms with Crippen LogP contribution in [0.3, 0.4) is 0 Å². The normalized spacial score (nSPS) is 24.3. The summed E-state index contributed by atoms with van der Waals surface area (Å²) in [5, 5.41) is 3.58. The molecule has 0 amide bonds. The van der Waals surface area contributed by atoms with Crippen LogP contribution in [-0.4, -0.2) is 37.5 Å². The smallest absolute Gasteiger partial charge is 0.126 e. The Morgan fingerprint density at radius 3 is 1.46 bits per heavy atom. The molecule has 0 radical (unpaired) electrons. The highest BCUT2D eigenvalue weighted by Gasteiger charge is 2.26. The van der Waals surface area contributed by atoms with Crippen LogP contribution in [0.4, 0.5) is 8.78 Å². The van der Waals surface area contributed by atoms with Crippen LogP contribution in [-0.2, 0) is 22.3 Å². The summed E-state index contributed by atoms with van der Waals surface area (Å²) >= 11 is 0. The first kappa shape index (κ1) is 26.2. The summed E-state index contributed by atoms with van der Waals surface area (Å²) in [6.07, 6.45) is 11.9. The van der Waals surface area contributed by atoms with Crippen LogP contribution < -0.4 is 5.32 Å². The molecule has 4 atom stereocenters. The van der Waals surface area contributed by atoms with E-state index in [1.165, 1.54) is 11.1 Å². The lowest BCUT2D eigenvalue weighted by Crippen LogP contribution is -2.25. The predicted molar refractivity (Wildman–Crippen MR) is 137 cm³/mol. The molecule has 1 N–H and O–H groups in total. The Bertz CT molecular complexity index is 874. The summed E-state index contributed by atoms with van der Waals surface area (Å²) in [6, 6.07) is 10.8. The van der Waals surface area contributed by atoms with E-state index in [2.05, 4.69) is 5.32 Å². The van der Waals surface area contributed by atoms with E-state index in [0.29, 0.717) is 24.4 Å². The van der Waals surface area contributed by atoms with E-state index >= 15 is 0 Å². The fraction of sp³-hybridized carbons (Fsp3) is 0.600. The minimum Gasteiger partial charge on any atom is -0.375 e. The van der Waals surface area contributed by atoms with E-state index in [9.17, 15) is 8.78 Å². The van der Waals surface area contributed by atoms with Crippen molar-refractivity contribution in [1.82, 2.24) is 5.32 Å². The molecule has 0 aliphatic carbocycles. The Balaban J connectivity index is 1.03. The largest absolute Gasteiger partial charge is 0.375 e. The summed E-state index contributed by atoms with van der Waals surface area (Å²) in [6.45, 7) is 5.60. The first-order valence-electron chi connectivity index (χ1n) is 13.5. The second-order valence-corrected chi connectivity index (χ2v) is 10.5. The summed E-state index contributed by atoms with van der Waals surface area (Å²) in [4.78, 5) is 0. The van der Waals surface area contributed by atoms with Crippen molar-refractivity contribution in [3.05, 3.63) is 70.3 Å². The highest BCUT2D eigenvalue weighted by molar-refractivity contribution is 5.24. The van der Waals surface area contributed by atoms with Crippen molar-refractivity contribution >= 4 is 0 Å². The van der Waals surface area contributed by atoms with Gasteiger partial charge >= 0.3 is 0 Å². The number of nitrogens with one attached hydrogen (secondary N) is 1. The molecular formula is C30H41F2NO2. The van der Waals surface area contributed by atoms with Crippen LogP contribution in [0.25, 0.3) is 0 Å². The molecule has 0 spiro atoms. The zero-order valence-corrected chi connectivity index (χ0v) is 21.3. The van der Waals surface area contributed by atoms with Crippen molar-refractivity contribution in [3.8, 4) is 0 Å². The van der Waals surface area contributed by atoms with Gasteiger partial charge in [-0.3, -0.25) is 0 Å². The Morgan fingerprint density at radius 2 is 1.06 bits per heavy atom. The van der Waals surface area contributed by atoms with Gasteiger partial charge in [0.15, 0.2) is 0 Å². The van der Waals surface area contributed by atoms with Gasteiger partial charge in [0.05, 0.1) is 24.4 Å². The summed E-state index contributed by atoms with van der Waals surface area (Å²) in [5.41, 5.74) is 3.83. The third-order valence-corrected chi connectivity index (χ3v) is 7.63. The Labute approximate surface area is 209 Å². The number of ether oxygens (including phenoxy) is 2. The molecule has 5 heteroatoms. The molecule has 192 valence electrons. The maximum absolute atomic E-state index is 13.4. The molecule has 0 bridgehead atoms.